The third-order valence-electron chi connectivity index (χ3n) is 1.68. The molecule has 12 heavy (non-hydrogen) atoms. The molecule has 2 heteroatoms. The van der Waals surface area contributed by atoms with Gasteiger partial charge in [0, 0.05) is 5.69 Å². The zero-order valence-electron chi connectivity index (χ0n) is 7.30. The van der Waals surface area contributed by atoms with Gasteiger partial charge in [-0.1, -0.05) is 24.8 Å². The summed E-state index contributed by atoms with van der Waals surface area (Å²) in [6.45, 7) is 6.32. The Hall–Kier alpha value is -1.28. The molecule has 0 saturated heterocycles. The molecule has 0 amide bonds. The van der Waals surface area contributed by atoms with Gasteiger partial charge in [0.1, 0.15) is 0 Å². The Morgan fingerprint density at radius 1 is 1.50 bits per heavy atom. The molecule has 64 valence electrons. The predicted molar refractivity (Wildman–Crippen MR) is 53.8 cm³/mol. The van der Waals surface area contributed by atoms with Crippen LogP contribution in [0.4, 0.5) is 5.69 Å². The first kappa shape index (κ1) is 8.81. The van der Waals surface area contributed by atoms with Crippen LogP contribution < -0.4 is 11.1 Å². The van der Waals surface area contributed by atoms with Crippen LogP contribution in [0.5, 0.6) is 0 Å². The standard InChI is InChI=1S/C10H14N2/c1-8(2)9-5-3-4-6-10(9)12-7-11/h3-6,12H,1,7,11H2,2H3. The Morgan fingerprint density at radius 3 is 2.75 bits per heavy atom. The maximum Gasteiger partial charge on any atom is 0.0628 e. The second-order valence-corrected chi connectivity index (χ2v) is 2.71. The van der Waals surface area contributed by atoms with E-state index in [2.05, 4.69) is 11.9 Å². The van der Waals surface area contributed by atoms with Crippen LogP contribution in [-0.2, 0) is 0 Å². The minimum atomic E-state index is 0.449. The molecule has 0 aliphatic heterocycles. The van der Waals surface area contributed by atoms with Gasteiger partial charge in [-0.05, 0) is 24.1 Å². The summed E-state index contributed by atoms with van der Waals surface area (Å²) in [5.41, 5.74) is 8.61. The first-order valence-electron chi connectivity index (χ1n) is 3.94. The van der Waals surface area contributed by atoms with Crippen molar-refractivity contribution in [2.45, 2.75) is 6.92 Å². The van der Waals surface area contributed by atoms with Gasteiger partial charge in [0.05, 0.1) is 6.67 Å². The number of para-hydroxylation sites is 1. The van der Waals surface area contributed by atoms with Crippen molar-refractivity contribution in [1.82, 2.24) is 0 Å². The number of allylic oxidation sites excluding steroid dienone is 1. The smallest absolute Gasteiger partial charge is 0.0628 e. The summed E-state index contributed by atoms with van der Waals surface area (Å²) < 4.78 is 0. The van der Waals surface area contributed by atoms with Crippen molar-refractivity contribution in [3.05, 3.63) is 36.4 Å². The molecular weight excluding hydrogens is 148 g/mol. The molecular formula is C10H14N2. The molecule has 0 unspecified atom stereocenters. The number of rotatable bonds is 3. The Morgan fingerprint density at radius 2 is 2.17 bits per heavy atom. The molecule has 0 saturated carbocycles. The summed E-state index contributed by atoms with van der Waals surface area (Å²) in [4.78, 5) is 0. The van der Waals surface area contributed by atoms with Gasteiger partial charge in [0.25, 0.3) is 0 Å². The molecule has 1 rings (SSSR count). The van der Waals surface area contributed by atoms with Crippen molar-refractivity contribution in [1.29, 1.82) is 0 Å². The monoisotopic (exact) mass is 162 g/mol. The maximum atomic E-state index is 5.39. The van der Waals surface area contributed by atoms with Crippen molar-refractivity contribution in [2.75, 3.05) is 12.0 Å². The largest absolute Gasteiger partial charge is 0.372 e. The van der Waals surface area contributed by atoms with Gasteiger partial charge in [-0.2, -0.15) is 0 Å². The lowest BCUT2D eigenvalue weighted by Gasteiger charge is -2.09. The van der Waals surface area contributed by atoms with Crippen LogP contribution in [0.15, 0.2) is 30.8 Å². The fourth-order valence-electron chi connectivity index (χ4n) is 1.12. The van der Waals surface area contributed by atoms with Crippen LogP contribution in [0.2, 0.25) is 0 Å². The number of hydrogen-bond donors (Lipinski definition) is 2. The maximum absolute atomic E-state index is 5.39. The summed E-state index contributed by atoms with van der Waals surface area (Å²) in [5.74, 6) is 0. The highest BCUT2D eigenvalue weighted by molar-refractivity contribution is 5.73. The van der Waals surface area contributed by atoms with Crippen molar-refractivity contribution < 1.29 is 0 Å². The molecule has 1 aromatic carbocycles. The Bertz CT molecular complexity index is 279. The van der Waals surface area contributed by atoms with E-state index >= 15 is 0 Å². The summed E-state index contributed by atoms with van der Waals surface area (Å²) >= 11 is 0. The quantitative estimate of drug-likeness (QED) is 0.667. The lowest BCUT2D eigenvalue weighted by molar-refractivity contribution is 1.14. The third-order valence-corrected chi connectivity index (χ3v) is 1.68. The fourth-order valence-corrected chi connectivity index (χ4v) is 1.12. The van der Waals surface area contributed by atoms with E-state index in [1.807, 2.05) is 31.2 Å². The highest BCUT2D eigenvalue weighted by Gasteiger charge is 1.98. The second-order valence-electron chi connectivity index (χ2n) is 2.71. The van der Waals surface area contributed by atoms with E-state index in [9.17, 15) is 0 Å². The molecule has 0 aromatic heterocycles. The highest BCUT2D eigenvalue weighted by atomic mass is 15.0. The molecule has 0 spiro atoms. The predicted octanol–water partition coefficient (Wildman–Crippen LogP) is 2.05. The lowest BCUT2D eigenvalue weighted by atomic mass is 10.1. The number of anilines is 1. The van der Waals surface area contributed by atoms with Crippen molar-refractivity contribution in [2.24, 2.45) is 5.73 Å². The summed E-state index contributed by atoms with van der Waals surface area (Å²) in [7, 11) is 0. The first-order valence-corrected chi connectivity index (χ1v) is 3.94. The average Bonchev–Trinajstić information content (AvgIpc) is 2.05. The molecule has 0 fully saturated rings. The molecule has 3 N–H and O–H groups in total. The number of nitrogens with one attached hydrogen (secondary N) is 1. The third kappa shape index (κ3) is 1.86. The van der Waals surface area contributed by atoms with E-state index in [0.29, 0.717) is 6.67 Å². The minimum Gasteiger partial charge on any atom is -0.372 e. The van der Waals surface area contributed by atoms with Gasteiger partial charge in [0.2, 0.25) is 0 Å². The first-order chi connectivity index (χ1) is 5.75. The average molecular weight is 162 g/mol. The molecule has 0 heterocycles. The topological polar surface area (TPSA) is 38.0 Å². The van der Waals surface area contributed by atoms with Crippen LogP contribution >= 0.6 is 0 Å². The minimum absolute atomic E-state index is 0.449. The Balaban J connectivity index is 3.00. The van der Waals surface area contributed by atoms with Crippen molar-refractivity contribution >= 4 is 11.3 Å². The molecule has 2 nitrogen and oxygen atoms in total. The van der Waals surface area contributed by atoms with E-state index in [0.717, 1.165) is 16.8 Å². The highest BCUT2D eigenvalue weighted by Crippen LogP contribution is 2.21. The summed E-state index contributed by atoms with van der Waals surface area (Å²) in [5, 5.41) is 3.07. The molecule has 1 aromatic rings. The molecule has 0 atom stereocenters. The second kappa shape index (κ2) is 3.93. The summed E-state index contributed by atoms with van der Waals surface area (Å²) in [6, 6.07) is 7.99. The van der Waals surface area contributed by atoms with Gasteiger partial charge in [-0.15, -0.1) is 0 Å². The van der Waals surface area contributed by atoms with Crippen molar-refractivity contribution in [3.8, 4) is 0 Å². The van der Waals surface area contributed by atoms with E-state index < -0.39 is 0 Å². The normalized spacial score (nSPS) is 9.50. The van der Waals surface area contributed by atoms with Crippen LogP contribution in [0, 0.1) is 0 Å². The van der Waals surface area contributed by atoms with E-state index in [-0.39, 0.29) is 0 Å². The molecule has 0 aliphatic rings. The van der Waals surface area contributed by atoms with Crippen molar-refractivity contribution in [3.63, 3.8) is 0 Å². The zero-order chi connectivity index (χ0) is 8.97. The van der Waals surface area contributed by atoms with Gasteiger partial charge in [-0.25, -0.2) is 0 Å². The van der Waals surface area contributed by atoms with E-state index in [1.54, 1.807) is 0 Å². The van der Waals surface area contributed by atoms with Crippen LogP contribution in [0.1, 0.15) is 12.5 Å². The van der Waals surface area contributed by atoms with Gasteiger partial charge >= 0.3 is 0 Å². The molecule has 0 radical (unpaired) electrons. The number of nitrogens with two attached hydrogens (primary N) is 1. The SMILES string of the molecule is C=C(C)c1ccccc1NCN. The van der Waals surface area contributed by atoms with Gasteiger partial charge < -0.3 is 11.1 Å². The van der Waals surface area contributed by atoms with Gasteiger partial charge in [0.15, 0.2) is 0 Å². The molecule has 0 bridgehead atoms. The molecule has 0 aliphatic carbocycles. The van der Waals surface area contributed by atoms with Crippen LogP contribution in [-0.4, -0.2) is 6.67 Å². The Labute approximate surface area is 73.1 Å². The fraction of sp³-hybridized carbons (Fsp3) is 0.200. The van der Waals surface area contributed by atoms with Crippen LogP contribution in [0.3, 0.4) is 0 Å². The number of benzene rings is 1. The summed E-state index contributed by atoms with van der Waals surface area (Å²) in [6.07, 6.45) is 0. The van der Waals surface area contributed by atoms with Gasteiger partial charge in [-0.3, -0.25) is 0 Å². The number of hydrogen-bond acceptors (Lipinski definition) is 2. The van der Waals surface area contributed by atoms with Crippen LogP contribution in [0.25, 0.3) is 5.57 Å². The van der Waals surface area contributed by atoms with E-state index in [4.69, 9.17) is 5.73 Å². The zero-order valence-corrected chi connectivity index (χ0v) is 7.30. The van der Waals surface area contributed by atoms with E-state index in [1.165, 1.54) is 0 Å². The lowest BCUT2D eigenvalue weighted by Crippen LogP contribution is -2.11. The Kier molecular flexibility index (Phi) is 2.88.